The average molecular weight is 567 g/mol. The minimum Gasteiger partial charge on any atom is -0.354 e. The van der Waals surface area contributed by atoms with Gasteiger partial charge in [-0.3, -0.25) is 9.89 Å². The van der Waals surface area contributed by atoms with Gasteiger partial charge >= 0.3 is 0 Å². The number of aliphatic imine (C=N–C) groups is 1. The van der Waals surface area contributed by atoms with Crippen LogP contribution in [0.5, 0.6) is 0 Å². The third kappa shape index (κ3) is 6.43. The largest absolute Gasteiger partial charge is 0.354 e. The molecule has 3 aromatic rings. The highest BCUT2D eigenvalue weighted by atomic mass is 127. The van der Waals surface area contributed by atoms with Gasteiger partial charge in [0.2, 0.25) is 11.7 Å². The van der Waals surface area contributed by atoms with E-state index in [9.17, 15) is 0 Å². The molecule has 0 aliphatic carbocycles. The fraction of sp³-hybridized carbons (Fsp3) is 0.348. The molecule has 170 valence electrons. The summed E-state index contributed by atoms with van der Waals surface area (Å²) in [4.78, 5) is 11.3. The van der Waals surface area contributed by atoms with Gasteiger partial charge < -0.3 is 15.2 Å². The number of hydrogen-bond acceptors (Lipinski definition) is 5. The number of hydrogen-bond donors (Lipinski definition) is 2. The molecule has 1 fully saturated rings. The normalized spacial score (nSPS) is 15.2. The van der Waals surface area contributed by atoms with Gasteiger partial charge in [0.25, 0.3) is 0 Å². The lowest BCUT2D eigenvalue weighted by molar-refractivity contribution is 0.245. The summed E-state index contributed by atoms with van der Waals surface area (Å²) >= 11 is 6.05. The number of likely N-dealkylation sites (tertiary alicyclic amines) is 1. The Bertz CT molecular complexity index is 1010. The Morgan fingerprint density at radius 3 is 2.62 bits per heavy atom. The monoisotopic (exact) mass is 566 g/mol. The molecule has 2 N–H and O–H groups in total. The molecule has 32 heavy (non-hydrogen) atoms. The molecule has 1 aliphatic rings. The van der Waals surface area contributed by atoms with Crippen LogP contribution in [0.2, 0.25) is 5.02 Å². The minimum atomic E-state index is 0. The van der Waals surface area contributed by atoms with Crippen molar-refractivity contribution in [1.29, 1.82) is 0 Å². The SMILES string of the molecule is CN=C(NCc1nc(-c2cccc(Cl)c2)no1)NCC(c1ccccc1)N1CCCC1.I. The summed E-state index contributed by atoms with van der Waals surface area (Å²) in [5, 5.41) is 11.4. The molecule has 7 nitrogen and oxygen atoms in total. The first kappa shape index (κ1) is 24.5. The maximum atomic E-state index is 6.05. The van der Waals surface area contributed by atoms with Crippen molar-refractivity contribution in [3.05, 3.63) is 71.1 Å². The van der Waals surface area contributed by atoms with E-state index in [1.807, 2.05) is 24.3 Å². The molecule has 1 saturated heterocycles. The first-order valence-electron chi connectivity index (χ1n) is 10.5. The van der Waals surface area contributed by atoms with Gasteiger partial charge in [0.1, 0.15) is 0 Å². The molecule has 0 radical (unpaired) electrons. The predicted octanol–water partition coefficient (Wildman–Crippen LogP) is 4.51. The van der Waals surface area contributed by atoms with E-state index in [1.165, 1.54) is 18.4 Å². The highest BCUT2D eigenvalue weighted by molar-refractivity contribution is 14.0. The third-order valence-corrected chi connectivity index (χ3v) is 5.65. The third-order valence-electron chi connectivity index (χ3n) is 5.41. The van der Waals surface area contributed by atoms with E-state index in [1.54, 1.807) is 7.05 Å². The molecule has 1 aromatic heterocycles. The van der Waals surface area contributed by atoms with Gasteiger partial charge in [0, 0.05) is 24.2 Å². The molecule has 1 unspecified atom stereocenters. The summed E-state index contributed by atoms with van der Waals surface area (Å²) in [6.45, 7) is 3.40. The number of aromatic nitrogens is 2. The zero-order chi connectivity index (χ0) is 21.5. The molecule has 2 aromatic carbocycles. The molecule has 2 heterocycles. The smallest absolute Gasteiger partial charge is 0.246 e. The summed E-state index contributed by atoms with van der Waals surface area (Å²) < 4.78 is 5.37. The molecule has 0 saturated carbocycles. The summed E-state index contributed by atoms with van der Waals surface area (Å²) in [5.74, 6) is 1.69. The van der Waals surface area contributed by atoms with E-state index >= 15 is 0 Å². The molecular formula is C23H28ClIN6O. The van der Waals surface area contributed by atoms with Crippen LogP contribution in [-0.2, 0) is 6.54 Å². The summed E-state index contributed by atoms with van der Waals surface area (Å²) in [6.07, 6.45) is 2.50. The van der Waals surface area contributed by atoms with E-state index in [4.69, 9.17) is 16.1 Å². The minimum absolute atomic E-state index is 0. The molecule has 4 rings (SSSR count). The van der Waals surface area contributed by atoms with Gasteiger partial charge in [-0.1, -0.05) is 59.2 Å². The Kier molecular flexibility index (Phi) is 9.31. The van der Waals surface area contributed by atoms with Gasteiger partial charge in [-0.2, -0.15) is 4.98 Å². The van der Waals surface area contributed by atoms with E-state index in [0.717, 1.165) is 25.2 Å². The van der Waals surface area contributed by atoms with Crippen molar-refractivity contribution < 1.29 is 4.52 Å². The van der Waals surface area contributed by atoms with Crippen molar-refractivity contribution in [2.45, 2.75) is 25.4 Å². The molecule has 0 spiro atoms. The van der Waals surface area contributed by atoms with Crippen LogP contribution in [0.3, 0.4) is 0 Å². The Labute approximate surface area is 210 Å². The topological polar surface area (TPSA) is 78.6 Å². The molecular weight excluding hydrogens is 539 g/mol. The van der Waals surface area contributed by atoms with Crippen LogP contribution < -0.4 is 10.6 Å². The Morgan fingerprint density at radius 2 is 1.91 bits per heavy atom. The second-order valence-corrected chi connectivity index (χ2v) is 7.93. The van der Waals surface area contributed by atoms with Crippen molar-refractivity contribution in [3.8, 4) is 11.4 Å². The van der Waals surface area contributed by atoms with Crippen LogP contribution in [0.4, 0.5) is 0 Å². The van der Waals surface area contributed by atoms with E-state index in [0.29, 0.717) is 35.3 Å². The van der Waals surface area contributed by atoms with Crippen molar-refractivity contribution in [3.63, 3.8) is 0 Å². The van der Waals surface area contributed by atoms with Crippen molar-refractivity contribution in [1.82, 2.24) is 25.7 Å². The zero-order valence-corrected chi connectivity index (χ0v) is 21.1. The standard InChI is InChI=1S/C23H27ClN6O.HI/c1-25-23(26-15-20(30-12-5-6-13-30)17-8-3-2-4-9-17)27-16-21-28-22(29-31-21)18-10-7-11-19(24)14-18;/h2-4,7-11,14,20H,5-6,12-13,15-16H2,1H3,(H2,25,26,27);1H. The first-order chi connectivity index (χ1) is 15.2. The van der Waals surface area contributed by atoms with Gasteiger partial charge in [-0.05, 0) is 43.6 Å². The van der Waals surface area contributed by atoms with Crippen LogP contribution in [-0.4, -0.2) is 47.7 Å². The van der Waals surface area contributed by atoms with Gasteiger partial charge in [-0.25, -0.2) is 0 Å². The van der Waals surface area contributed by atoms with Gasteiger partial charge in [0.05, 0.1) is 12.6 Å². The molecule has 0 bridgehead atoms. The lowest BCUT2D eigenvalue weighted by atomic mass is 10.1. The van der Waals surface area contributed by atoms with Crippen LogP contribution in [0.1, 0.15) is 30.3 Å². The predicted molar refractivity (Wildman–Crippen MR) is 138 cm³/mol. The molecule has 1 atom stereocenters. The fourth-order valence-electron chi connectivity index (χ4n) is 3.83. The van der Waals surface area contributed by atoms with Gasteiger partial charge in [-0.15, -0.1) is 24.0 Å². The lowest BCUT2D eigenvalue weighted by Gasteiger charge is -2.28. The maximum absolute atomic E-state index is 6.05. The van der Waals surface area contributed by atoms with Crippen LogP contribution in [0.25, 0.3) is 11.4 Å². The van der Waals surface area contributed by atoms with Crippen molar-refractivity contribution >= 4 is 41.5 Å². The van der Waals surface area contributed by atoms with Crippen LogP contribution >= 0.6 is 35.6 Å². The quantitative estimate of drug-likeness (QED) is 0.249. The molecule has 1 aliphatic heterocycles. The maximum Gasteiger partial charge on any atom is 0.246 e. The lowest BCUT2D eigenvalue weighted by Crippen LogP contribution is -2.42. The number of guanidine groups is 1. The second kappa shape index (κ2) is 12.2. The van der Waals surface area contributed by atoms with E-state index in [-0.39, 0.29) is 24.0 Å². The highest BCUT2D eigenvalue weighted by Crippen LogP contribution is 2.24. The van der Waals surface area contributed by atoms with E-state index < -0.39 is 0 Å². The summed E-state index contributed by atoms with van der Waals surface area (Å²) in [5.41, 5.74) is 2.14. The number of benzene rings is 2. The van der Waals surface area contributed by atoms with Crippen LogP contribution in [0, 0.1) is 0 Å². The Morgan fingerprint density at radius 1 is 1.12 bits per heavy atom. The second-order valence-electron chi connectivity index (χ2n) is 7.50. The number of nitrogens with one attached hydrogen (secondary N) is 2. The summed E-state index contributed by atoms with van der Waals surface area (Å²) in [7, 11) is 1.76. The zero-order valence-electron chi connectivity index (χ0n) is 18.0. The number of nitrogens with zero attached hydrogens (tertiary/aromatic N) is 4. The average Bonchev–Trinajstić information content (AvgIpc) is 3.49. The Balaban J connectivity index is 0.00000289. The fourth-order valence-corrected chi connectivity index (χ4v) is 4.02. The number of halogens is 2. The van der Waals surface area contributed by atoms with Crippen LogP contribution in [0.15, 0.2) is 64.1 Å². The molecule has 9 heteroatoms. The highest BCUT2D eigenvalue weighted by Gasteiger charge is 2.23. The van der Waals surface area contributed by atoms with Crippen molar-refractivity contribution in [2.75, 3.05) is 26.7 Å². The number of rotatable bonds is 7. The van der Waals surface area contributed by atoms with E-state index in [2.05, 4.69) is 61.0 Å². The Hall–Kier alpha value is -2.17. The molecule has 0 amide bonds. The van der Waals surface area contributed by atoms with Gasteiger partial charge in [0.15, 0.2) is 5.96 Å². The summed E-state index contributed by atoms with van der Waals surface area (Å²) in [6, 6.07) is 18.3. The first-order valence-corrected chi connectivity index (χ1v) is 10.9. The van der Waals surface area contributed by atoms with Crippen molar-refractivity contribution in [2.24, 2.45) is 4.99 Å².